The maximum atomic E-state index is 11.6. The van der Waals surface area contributed by atoms with E-state index in [4.69, 9.17) is 4.74 Å². The van der Waals surface area contributed by atoms with Gasteiger partial charge in [0, 0.05) is 13.2 Å². The van der Waals surface area contributed by atoms with E-state index in [1.54, 1.807) is 0 Å². The molecule has 2 rings (SSSR count). The van der Waals surface area contributed by atoms with Crippen LogP contribution in [0.5, 0.6) is 0 Å². The molecule has 2 atom stereocenters. The summed E-state index contributed by atoms with van der Waals surface area (Å²) in [4.78, 5) is 11.6. The van der Waals surface area contributed by atoms with Gasteiger partial charge in [0.1, 0.15) is 0 Å². The number of rotatable bonds is 2. The Labute approximate surface area is 97.2 Å². The van der Waals surface area contributed by atoms with Gasteiger partial charge in [0.05, 0.1) is 5.41 Å². The van der Waals surface area contributed by atoms with E-state index in [9.17, 15) is 9.90 Å². The molecule has 1 aliphatic carbocycles. The number of ether oxygens (including phenoxy) is 1. The molecular formula is C13H22O3. The van der Waals surface area contributed by atoms with Crippen LogP contribution in [-0.4, -0.2) is 24.3 Å². The highest BCUT2D eigenvalue weighted by atomic mass is 16.5. The van der Waals surface area contributed by atoms with Crippen LogP contribution in [0.15, 0.2) is 0 Å². The summed E-state index contributed by atoms with van der Waals surface area (Å²) >= 11 is 0. The zero-order chi connectivity index (χ0) is 11.6. The van der Waals surface area contributed by atoms with Crippen LogP contribution < -0.4 is 0 Å². The van der Waals surface area contributed by atoms with Crippen LogP contribution in [0, 0.1) is 17.3 Å². The second kappa shape index (κ2) is 4.74. The molecule has 3 heteroatoms. The van der Waals surface area contributed by atoms with Gasteiger partial charge in [-0.3, -0.25) is 4.79 Å². The van der Waals surface area contributed by atoms with Crippen molar-refractivity contribution in [2.45, 2.75) is 45.4 Å². The van der Waals surface area contributed by atoms with Crippen molar-refractivity contribution in [3.8, 4) is 0 Å². The minimum absolute atomic E-state index is 0.373. The molecule has 0 aromatic carbocycles. The maximum absolute atomic E-state index is 11.6. The lowest BCUT2D eigenvalue weighted by Gasteiger charge is -2.43. The Hall–Kier alpha value is -0.570. The van der Waals surface area contributed by atoms with Crippen molar-refractivity contribution in [3.05, 3.63) is 0 Å². The number of aliphatic carboxylic acids is 1. The smallest absolute Gasteiger partial charge is 0.310 e. The van der Waals surface area contributed by atoms with Gasteiger partial charge in [-0.05, 0) is 37.5 Å². The van der Waals surface area contributed by atoms with E-state index in [0.29, 0.717) is 37.9 Å². The van der Waals surface area contributed by atoms with Crippen molar-refractivity contribution in [1.82, 2.24) is 0 Å². The van der Waals surface area contributed by atoms with Crippen LogP contribution in [-0.2, 0) is 9.53 Å². The van der Waals surface area contributed by atoms with Crippen LogP contribution >= 0.6 is 0 Å². The Morgan fingerprint density at radius 3 is 2.56 bits per heavy atom. The first-order valence-corrected chi connectivity index (χ1v) is 6.46. The fraction of sp³-hybridized carbons (Fsp3) is 0.923. The van der Waals surface area contributed by atoms with Crippen molar-refractivity contribution in [2.24, 2.45) is 17.3 Å². The van der Waals surface area contributed by atoms with E-state index in [-0.39, 0.29) is 0 Å². The minimum atomic E-state index is -0.588. The highest BCUT2D eigenvalue weighted by molar-refractivity contribution is 5.75. The van der Waals surface area contributed by atoms with Crippen molar-refractivity contribution in [1.29, 1.82) is 0 Å². The average Bonchev–Trinajstić information content (AvgIpc) is 2.30. The fourth-order valence-electron chi connectivity index (χ4n) is 3.47. The standard InChI is InChI=1S/C13H22O3/c1-10-3-2-4-11(9-10)13(12(14)15)5-7-16-8-6-13/h10-11H,2-9H2,1H3,(H,14,15). The Kier molecular flexibility index (Phi) is 3.53. The maximum Gasteiger partial charge on any atom is 0.310 e. The Morgan fingerprint density at radius 2 is 2.00 bits per heavy atom. The molecule has 0 bridgehead atoms. The van der Waals surface area contributed by atoms with Gasteiger partial charge in [-0.1, -0.05) is 19.8 Å². The quantitative estimate of drug-likeness (QED) is 0.787. The van der Waals surface area contributed by atoms with E-state index < -0.39 is 11.4 Å². The molecule has 2 unspecified atom stereocenters. The van der Waals surface area contributed by atoms with Gasteiger partial charge in [0.2, 0.25) is 0 Å². The SMILES string of the molecule is CC1CCCC(C2(C(=O)O)CCOCC2)C1. The minimum Gasteiger partial charge on any atom is -0.481 e. The summed E-state index contributed by atoms with van der Waals surface area (Å²) in [6.07, 6.45) is 6.06. The lowest BCUT2D eigenvalue weighted by Crippen LogP contribution is -2.45. The molecule has 0 aromatic heterocycles. The first kappa shape index (κ1) is 11.9. The summed E-state index contributed by atoms with van der Waals surface area (Å²) in [7, 11) is 0. The second-order valence-corrected chi connectivity index (χ2v) is 5.54. The Balaban J connectivity index is 2.14. The normalized spacial score (nSPS) is 34.6. The first-order valence-electron chi connectivity index (χ1n) is 6.46. The number of hydrogen-bond donors (Lipinski definition) is 1. The molecule has 16 heavy (non-hydrogen) atoms. The van der Waals surface area contributed by atoms with Gasteiger partial charge < -0.3 is 9.84 Å². The van der Waals surface area contributed by atoms with Gasteiger partial charge in [-0.2, -0.15) is 0 Å². The van der Waals surface area contributed by atoms with E-state index >= 15 is 0 Å². The summed E-state index contributed by atoms with van der Waals surface area (Å²) in [5, 5.41) is 9.57. The molecule has 1 aliphatic heterocycles. The second-order valence-electron chi connectivity index (χ2n) is 5.54. The molecule has 0 amide bonds. The zero-order valence-electron chi connectivity index (χ0n) is 10.1. The van der Waals surface area contributed by atoms with Crippen LogP contribution in [0.4, 0.5) is 0 Å². The largest absolute Gasteiger partial charge is 0.481 e. The Bertz CT molecular complexity index is 256. The molecular weight excluding hydrogens is 204 g/mol. The molecule has 2 aliphatic rings. The van der Waals surface area contributed by atoms with Crippen LogP contribution in [0.2, 0.25) is 0 Å². The molecule has 1 heterocycles. The summed E-state index contributed by atoms with van der Waals surface area (Å²) in [5.41, 5.74) is -0.479. The van der Waals surface area contributed by atoms with Crippen molar-refractivity contribution in [3.63, 3.8) is 0 Å². The third-order valence-corrected chi connectivity index (χ3v) is 4.53. The summed E-state index contributed by atoms with van der Waals surface area (Å²) in [5.74, 6) is 0.477. The van der Waals surface area contributed by atoms with Crippen molar-refractivity contribution >= 4 is 5.97 Å². The number of hydrogen-bond acceptors (Lipinski definition) is 2. The van der Waals surface area contributed by atoms with E-state index in [1.165, 1.54) is 12.8 Å². The zero-order valence-corrected chi connectivity index (χ0v) is 10.1. The highest BCUT2D eigenvalue weighted by Crippen LogP contribution is 2.46. The average molecular weight is 226 g/mol. The number of carbonyl (C=O) groups is 1. The molecule has 1 N–H and O–H groups in total. The third-order valence-electron chi connectivity index (χ3n) is 4.53. The van der Waals surface area contributed by atoms with Gasteiger partial charge in [0.15, 0.2) is 0 Å². The highest BCUT2D eigenvalue weighted by Gasteiger charge is 2.47. The van der Waals surface area contributed by atoms with Crippen molar-refractivity contribution < 1.29 is 14.6 Å². The number of carboxylic acids is 1. The Morgan fingerprint density at radius 1 is 1.31 bits per heavy atom. The van der Waals surface area contributed by atoms with Gasteiger partial charge in [-0.25, -0.2) is 0 Å². The van der Waals surface area contributed by atoms with Gasteiger partial charge in [0.25, 0.3) is 0 Å². The van der Waals surface area contributed by atoms with E-state index in [0.717, 1.165) is 12.8 Å². The molecule has 3 nitrogen and oxygen atoms in total. The monoisotopic (exact) mass is 226 g/mol. The molecule has 2 fully saturated rings. The molecule has 0 spiro atoms. The van der Waals surface area contributed by atoms with E-state index in [1.807, 2.05) is 0 Å². The summed E-state index contributed by atoms with van der Waals surface area (Å²) < 4.78 is 5.33. The summed E-state index contributed by atoms with van der Waals surface area (Å²) in [6, 6.07) is 0. The topological polar surface area (TPSA) is 46.5 Å². The van der Waals surface area contributed by atoms with Gasteiger partial charge in [-0.15, -0.1) is 0 Å². The molecule has 0 radical (unpaired) electrons. The molecule has 1 saturated carbocycles. The lowest BCUT2D eigenvalue weighted by molar-refractivity contribution is -0.162. The van der Waals surface area contributed by atoms with Gasteiger partial charge >= 0.3 is 5.97 Å². The van der Waals surface area contributed by atoms with Crippen LogP contribution in [0.25, 0.3) is 0 Å². The van der Waals surface area contributed by atoms with Crippen molar-refractivity contribution in [2.75, 3.05) is 13.2 Å². The first-order chi connectivity index (χ1) is 7.65. The van der Waals surface area contributed by atoms with Crippen LogP contribution in [0.1, 0.15) is 45.4 Å². The molecule has 1 saturated heterocycles. The molecule has 0 aromatic rings. The molecule has 92 valence electrons. The van der Waals surface area contributed by atoms with E-state index in [2.05, 4.69) is 6.92 Å². The summed E-state index contributed by atoms with van der Waals surface area (Å²) in [6.45, 7) is 3.50. The number of carboxylic acid groups (broad SMARTS) is 1. The predicted molar refractivity (Wildman–Crippen MR) is 61.2 cm³/mol. The lowest BCUT2D eigenvalue weighted by atomic mass is 9.63. The fourth-order valence-corrected chi connectivity index (χ4v) is 3.47. The third kappa shape index (κ3) is 2.10. The van der Waals surface area contributed by atoms with Crippen LogP contribution in [0.3, 0.4) is 0 Å². The predicted octanol–water partition coefficient (Wildman–Crippen LogP) is 2.69.